The van der Waals surface area contributed by atoms with Crippen molar-refractivity contribution in [2.75, 3.05) is 13.2 Å². The van der Waals surface area contributed by atoms with Crippen LogP contribution in [0.1, 0.15) is 47.5 Å². The molecule has 2 atom stereocenters. The first kappa shape index (κ1) is 15.9. The van der Waals surface area contributed by atoms with Gasteiger partial charge in [0.2, 0.25) is 0 Å². The van der Waals surface area contributed by atoms with Gasteiger partial charge in [0, 0.05) is 0 Å². The zero-order valence-electron chi connectivity index (χ0n) is 11.5. The van der Waals surface area contributed by atoms with Gasteiger partial charge in [-0.05, 0) is 33.6 Å². The molecule has 0 saturated heterocycles. The molecule has 0 rings (SSSR count). The Balaban J connectivity index is 5.01. The fourth-order valence-corrected chi connectivity index (χ4v) is 1.95. The third-order valence-electron chi connectivity index (χ3n) is 3.22. The Morgan fingerprint density at radius 3 is 1.94 bits per heavy atom. The van der Waals surface area contributed by atoms with Gasteiger partial charge in [0.1, 0.15) is 0 Å². The summed E-state index contributed by atoms with van der Waals surface area (Å²) in [5, 5.41) is 0. The van der Waals surface area contributed by atoms with Crippen molar-refractivity contribution in [2.24, 2.45) is 11.3 Å². The Labute approximate surface area is 104 Å². The molecule has 4 heteroatoms. The number of esters is 2. The number of carbonyl (C=O) groups excluding carboxylic acids is 2. The van der Waals surface area contributed by atoms with Crippen molar-refractivity contribution in [1.29, 1.82) is 0 Å². The highest BCUT2D eigenvalue weighted by molar-refractivity contribution is 5.85. The largest absolute Gasteiger partial charge is 0.466 e. The van der Waals surface area contributed by atoms with E-state index in [0.29, 0.717) is 26.1 Å². The predicted octanol–water partition coefficient (Wildman–Crippen LogP) is 2.56. The van der Waals surface area contributed by atoms with Gasteiger partial charge in [-0.1, -0.05) is 13.8 Å². The van der Waals surface area contributed by atoms with E-state index in [0.717, 1.165) is 0 Å². The number of rotatable bonds is 7. The molecule has 0 bridgehead atoms. The van der Waals surface area contributed by atoms with Crippen LogP contribution >= 0.6 is 0 Å². The van der Waals surface area contributed by atoms with E-state index in [1.165, 1.54) is 0 Å². The van der Waals surface area contributed by atoms with Gasteiger partial charge in [0.15, 0.2) is 0 Å². The summed E-state index contributed by atoms with van der Waals surface area (Å²) in [5.74, 6) is -1.07. The summed E-state index contributed by atoms with van der Waals surface area (Å²) in [6.07, 6.45) is 1.13. The van der Waals surface area contributed by atoms with Crippen molar-refractivity contribution in [3.8, 4) is 0 Å². The third-order valence-corrected chi connectivity index (χ3v) is 3.22. The van der Waals surface area contributed by atoms with Gasteiger partial charge in [-0.2, -0.15) is 0 Å². The molecule has 0 aromatic heterocycles. The fraction of sp³-hybridized carbons (Fsp3) is 0.846. The highest BCUT2D eigenvalue weighted by Gasteiger charge is 2.44. The van der Waals surface area contributed by atoms with Crippen LogP contribution in [-0.4, -0.2) is 25.2 Å². The standard InChI is InChI=1S/C13H24O4/c1-6-10(11(14)16-8-3)13(5,7-2)12(15)17-9-4/h10H,6-9H2,1-5H3. The van der Waals surface area contributed by atoms with Gasteiger partial charge in [-0.25, -0.2) is 0 Å². The summed E-state index contributed by atoms with van der Waals surface area (Å²) < 4.78 is 10.1. The Kier molecular flexibility index (Phi) is 6.85. The molecule has 0 aromatic rings. The van der Waals surface area contributed by atoms with Crippen molar-refractivity contribution in [3.05, 3.63) is 0 Å². The lowest BCUT2D eigenvalue weighted by Crippen LogP contribution is -2.41. The highest BCUT2D eigenvalue weighted by atomic mass is 16.5. The van der Waals surface area contributed by atoms with Gasteiger partial charge in [0.25, 0.3) is 0 Å². The average Bonchev–Trinajstić information content (AvgIpc) is 2.30. The monoisotopic (exact) mass is 244 g/mol. The van der Waals surface area contributed by atoms with E-state index in [1.807, 2.05) is 13.8 Å². The maximum absolute atomic E-state index is 12.0. The Bertz CT molecular complexity index is 262. The molecule has 0 spiro atoms. The summed E-state index contributed by atoms with van der Waals surface area (Å²) in [5.41, 5.74) is -0.795. The van der Waals surface area contributed by atoms with Crippen molar-refractivity contribution < 1.29 is 19.1 Å². The van der Waals surface area contributed by atoms with Gasteiger partial charge >= 0.3 is 11.9 Å². The van der Waals surface area contributed by atoms with Crippen LogP contribution in [0.25, 0.3) is 0 Å². The van der Waals surface area contributed by atoms with E-state index in [4.69, 9.17) is 9.47 Å². The van der Waals surface area contributed by atoms with Crippen LogP contribution in [0, 0.1) is 11.3 Å². The quantitative estimate of drug-likeness (QED) is 0.646. The maximum atomic E-state index is 12.0. The lowest BCUT2D eigenvalue weighted by molar-refractivity contribution is -0.168. The van der Waals surface area contributed by atoms with Gasteiger partial charge < -0.3 is 9.47 Å². The smallest absolute Gasteiger partial charge is 0.312 e. The summed E-state index contributed by atoms with van der Waals surface area (Å²) in [6, 6.07) is 0. The van der Waals surface area contributed by atoms with Crippen LogP contribution in [0.4, 0.5) is 0 Å². The highest BCUT2D eigenvalue weighted by Crippen LogP contribution is 2.35. The summed E-state index contributed by atoms with van der Waals surface area (Å²) >= 11 is 0. The molecule has 0 N–H and O–H groups in total. The van der Waals surface area contributed by atoms with Crippen LogP contribution < -0.4 is 0 Å². The minimum absolute atomic E-state index is 0.313. The molecule has 100 valence electrons. The SMILES string of the molecule is CCOC(=O)C(CC)C(C)(CC)C(=O)OCC. The summed E-state index contributed by atoms with van der Waals surface area (Å²) in [4.78, 5) is 23.8. The number of carbonyl (C=O) groups is 2. The molecule has 4 nitrogen and oxygen atoms in total. The molecule has 17 heavy (non-hydrogen) atoms. The molecule has 0 fully saturated rings. The maximum Gasteiger partial charge on any atom is 0.312 e. The second-order valence-electron chi connectivity index (χ2n) is 4.20. The molecule has 0 aliphatic heterocycles. The molecule has 0 radical (unpaired) electrons. The molecule has 0 aliphatic carbocycles. The molecule has 0 amide bonds. The number of hydrogen-bond acceptors (Lipinski definition) is 4. The first-order valence-electron chi connectivity index (χ1n) is 6.31. The minimum atomic E-state index is -0.795. The molecule has 0 aliphatic rings. The van der Waals surface area contributed by atoms with Crippen molar-refractivity contribution in [2.45, 2.75) is 47.5 Å². The molecule has 0 saturated carbocycles. The predicted molar refractivity (Wildman–Crippen MR) is 65.4 cm³/mol. The van der Waals surface area contributed by atoms with E-state index in [-0.39, 0.29) is 11.9 Å². The minimum Gasteiger partial charge on any atom is -0.466 e. The van der Waals surface area contributed by atoms with Crippen LogP contribution in [0.15, 0.2) is 0 Å². The van der Waals surface area contributed by atoms with Crippen molar-refractivity contribution in [3.63, 3.8) is 0 Å². The van der Waals surface area contributed by atoms with E-state index in [1.54, 1.807) is 20.8 Å². The van der Waals surface area contributed by atoms with Gasteiger partial charge in [0.05, 0.1) is 24.5 Å². The third kappa shape index (κ3) is 3.72. The molecule has 2 unspecified atom stereocenters. The normalized spacial score (nSPS) is 15.8. The topological polar surface area (TPSA) is 52.6 Å². The summed E-state index contributed by atoms with van der Waals surface area (Å²) in [7, 11) is 0. The fourth-order valence-electron chi connectivity index (χ4n) is 1.95. The van der Waals surface area contributed by atoms with Crippen molar-refractivity contribution >= 4 is 11.9 Å². The Hall–Kier alpha value is -1.06. The lowest BCUT2D eigenvalue weighted by Gasteiger charge is -2.32. The van der Waals surface area contributed by atoms with E-state index < -0.39 is 11.3 Å². The molecular formula is C13H24O4. The zero-order valence-corrected chi connectivity index (χ0v) is 11.5. The Morgan fingerprint density at radius 2 is 1.59 bits per heavy atom. The van der Waals surface area contributed by atoms with Crippen LogP contribution in [-0.2, 0) is 19.1 Å². The zero-order chi connectivity index (χ0) is 13.5. The Morgan fingerprint density at radius 1 is 1.06 bits per heavy atom. The van der Waals surface area contributed by atoms with Gasteiger partial charge in [-0.3, -0.25) is 9.59 Å². The number of hydrogen-bond donors (Lipinski definition) is 0. The lowest BCUT2D eigenvalue weighted by atomic mass is 9.73. The first-order valence-corrected chi connectivity index (χ1v) is 6.31. The second kappa shape index (κ2) is 7.30. The van der Waals surface area contributed by atoms with E-state index in [2.05, 4.69) is 0 Å². The van der Waals surface area contributed by atoms with Crippen LogP contribution in [0.5, 0.6) is 0 Å². The summed E-state index contributed by atoms with van der Waals surface area (Å²) in [6.45, 7) is 9.73. The molecule has 0 heterocycles. The van der Waals surface area contributed by atoms with Crippen LogP contribution in [0.2, 0.25) is 0 Å². The van der Waals surface area contributed by atoms with Gasteiger partial charge in [-0.15, -0.1) is 0 Å². The van der Waals surface area contributed by atoms with E-state index >= 15 is 0 Å². The second-order valence-corrected chi connectivity index (χ2v) is 4.20. The number of ether oxygens (including phenoxy) is 2. The molecule has 0 aromatic carbocycles. The van der Waals surface area contributed by atoms with Crippen LogP contribution in [0.3, 0.4) is 0 Å². The average molecular weight is 244 g/mol. The molecular weight excluding hydrogens is 220 g/mol. The van der Waals surface area contributed by atoms with E-state index in [9.17, 15) is 9.59 Å². The first-order chi connectivity index (χ1) is 7.97. The van der Waals surface area contributed by atoms with Crippen molar-refractivity contribution in [1.82, 2.24) is 0 Å².